The third kappa shape index (κ3) is 3.04. The molecule has 0 saturated heterocycles. The zero-order valence-electron chi connectivity index (χ0n) is 14.4. The largest absolute Gasteiger partial charge is 0.381 e. The zero-order valence-corrected chi connectivity index (χ0v) is 14.4. The molecule has 0 spiro atoms. The van der Waals surface area contributed by atoms with Crippen LogP contribution in [0.1, 0.15) is 22.0 Å². The number of rotatable bonds is 5. The predicted octanol–water partition coefficient (Wildman–Crippen LogP) is 3.85. The number of pyridine rings is 1. The summed E-state index contributed by atoms with van der Waals surface area (Å²) in [6.07, 6.45) is 0.263. The lowest BCUT2D eigenvalue weighted by Gasteiger charge is -2.23. The number of aliphatic hydroxyl groups is 1. The minimum Gasteiger partial charge on any atom is -0.381 e. The zero-order chi connectivity index (χ0) is 18.9. The standard InChI is InChI=1S/C20H18F2N2O2/c1-24(2)17-10-9-16(14-7-3-4-8-15(14)17)19(26)20(21,22)18(25)13-6-5-11-23-12-13/h3-12,18,25H,1-2H3. The van der Waals surface area contributed by atoms with Crippen molar-refractivity contribution < 1.29 is 18.7 Å². The first-order valence-electron chi connectivity index (χ1n) is 8.03. The first-order chi connectivity index (χ1) is 12.3. The van der Waals surface area contributed by atoms with Gasteiger partial charge >= 0.3 is 5.92 Å². The highest BCUT2D eigenvalue weighted by atomic mass is 19.3. The summed E-state index contributed by atoms with van der Waals surface area (Å²) in [4.78, 5) is 18.2. The van der Waals surface area contributed by atoms with E-state index in [9.17, 15) is 18.7 Å². The minimum atomic E-state index is -3.98. The Labute approximate surface area is 149 Å². The molecule has 0 aliphatic rings. The van der Waals surface area contributed by atoms with Gasteiger partial charge in [0.15, 0.2) is 6.10 Å². The van der Waals surface area contributed by atoms with Gasteiger partial charge in [-0.3, -0.25) is 9.78 Å². The molecule has 3 rings (SSSR count). The molecule has 134 valence electrons. The molecule has 0 saturated carbocycles. The summed E-state index contributed by atoms with van der Waals surface area (Å²) in [6, 6.07) is 12.6. The molecule has 0 bridgehead atoms. The summed E-state index contributed by atoms with van der Waals surface area (Å²) in [7, 11) is 3.67. The van der Waals surface area contributed by atoms with Crippen molar-refractivity contribution in [1.29, 1.82) is 0 Å². The van der Waals surface area contributed by atoms with Crippen LogP contribution < -0.4 is 4.90 Å². The number of ketones is 1. The topological polar surface area (TPSA) is 53.4 Å². The highest BCUT2D eigenvalue weighted by Gasteiger charge is 2.48. The van der Waals surface area contributed by atoms with Crippen LogP contribution in [0.25, 0.3) is 10.8 Å². The van der Waals surface area contributed by atoms with Gasteiger partial charge in [-0.2, -0.15) is 8.78 Å². The summed E-state index contributed by atoms with van der Waals surface area (Å²) in [6.45, 7) is 0. The normalized spacial score (nSPS) is 12.8. The minimum absolute atomic E-state index is 0.111. The Bertz CT molecular complexity index is 943. The van der Waals surface area contributed by atoms with E-state index in [4.69, 9.17) is 0 Å². The second kappa shape index (κ2) is 6.80. The second-order valence-electron chi connectivity index (χ2n) is 6.21. The van der Waals surface area contributed by atoms with Crippen LogP contribution in [0.2, 0.25) is 0 Å². The van der Waals surface area contributed by atoms with Crippen LogP contribution in [0.4, 0.5) is 14.5 Å². The van der Waals surface area contributed by atoms with Gasteiger partial charge in [0.1, 0.15) is 0 Å². The molecule has 0 aliphatic heterocycles. The van der Waals surface area contributed by atoms with Crippen molar-refractivity contribution in [2.45, 2.75) is 12.0 Å². The number of nitrogens with zero attached hydrogens (tertiary/aromatic N) is 2. The summed E-state index contributed by atoms with van der Waals surface area (Å²) >= 11 is 0. The lowest BCUT2D eigenvalue weighted by atomic mass is 9.93. The van der Waals surface area contributed by atoms with Gasteiger partial charge in [-0.25, -0.2) is 0 Å². The van der Waals surface area contributed by atoms with Gasteiger partial charge in [0.2, 0.25) is 5.78 Å². The number of aromatic nitrogens is 1. The highest BCUT2D eigenvalue weighted by Crippen LogP contribution is 2.37. The molecule has 0 fully saturated rings. The van der Waals surface area contributed by atoms with Gasteiger partial charge in [0.05, 0.1) is 0 Å². The molecule has 1 atom stereocenters. The molecule has 6 heteroatoms. The molecule has 1 aromatic heterocycles. The number of carbonyl (C=O) groups excluding carboxylic acids is 1. The average molecular weight is 356 g/mol. The van der Waals surface area contributed by atoms with E-state index < -0.39 is 17.8 Å². The Balaban J connectivity index is 2.09. The predicted molar refractivity (Wildman–Crippen MR) is 96.7 cm³/mol. The molecule has 1 heterocycles. The number of Topliss-reactive ketones (excluding diaryl/α,β-unsaturated/α-hetero) is 1. The van der Waals surface area contributed by atoms with Gasteiger partial charge in [-0.15, -0.1) is 0 Å². The van der Waals surface area contributed by atoms with Crippen molar-refractivity contribution in [3.05, 3.63) is 72.1 Å². The first-order valence-corrected chi connectivity index (χ1v) is 8.03. The summed E-state index contributed by atoms with van der Waals surface area (Å²) in [5.41, 5.74) is 0.576. The molecule has 0 radical (unpaired) electrons. The number of halogens is 2. The van der Waals surface area contributed by atoms with Crippen molar-refractivity contribution in [3.63, 3.8) is 0 Å². The summed E-state index contributed by atoms with van der Waals surface area (Å²) in [5.74, 6) is -5.40. The first kappa shape index (κ1) is 17.9. The fourth-order valence-electron chi connectivity index (χ4n) is 2.92. The van der Waals surface area contributed by atoms with Gasteiger partial charge < -0.3 is 10.0 Å². The van der Waals surface area contributed by atoms with Crippen LogP contribution in [0.5, 0.6) is 0 Å². The average Bonchev–Trinajstić information content (AvgIpc) is 2.66. The SMILES string of the molecule is CN(C)c1ccc(C(=O)C(F)(F)C(O)c2cccnc2)c2ccccc12. The molecular formula is C20H18F2N2O2. The number of carbonyl (C=O) groups is 1. The maximum Gasteiger partial charge on any atom is 0.339 e. The maximum atomic E-state index is 14.7. The number of alkyl halides is 2. The van der Waals surface area contributed by atoms with Crippen molar-refractivity contribution in [2.24, 2.45) is 0 Å². The van der Waals surface area contributed by atoms with E-state index in [-0.39, 0.29) is 11.1 Å². The molecule has 26 heavy (non-hydrogen) atoms. The third-order valence-electron chi connectivity index (χ3n) is 4.27. The van der Waals surface area contributed by atoms with Crippen LogP contribution >= 0.6 is 0 Å². The van der Waals surface area contributed by atoms with Crippen LogP contribution in [0.3, 0.4) is 0 Å². The number of fused-ring (bicyclic) bond motifs is 1. The van der Waals surface area contributed by atoms with Gasteiger partial charge in [-0.05, 0) is 23.6 Å². The Hall–Kier alpha value is -2.86. The second-order valence-corrected chi connectivity index (χ2v) is 6.21. The molecule has 3 aromatic rings. The molecule has 1 unspecified atom stereocenters. The van der Waals surface area contributed by atoms with Crippen LogP contribution in [0, 0.1) is 0 Å². The number of hydrogen-bond acceptors (Lipinski definition) is 4. The highest BCUT2D eigenvalue weighted by molar-refractivity contribution is 6.14. The van der Waals surface area contributed by atoms with Crippen molar-refractivity contribution >= 4 is 22.2 Å². The Morgan fingerprint density at radius 3 is 2.38 bits per heavy atom. The third-order valence-corrected chi connectivity index (χ3v) is 4.27. The quantitative estimate of drug-likeness (QED) is 0.706. The Morgan fingerprint density at radius 1 is 1.08 bits per heavy atom. The van der Waals surface area contributed by atoms with Gasteiger partial charge in [0.25, 0.3) is 0 Å². The van der Waals surface area contributed by atoms with E-state index in [1.807, 2.05) is 19.0 Å². The van der Waals surface area contributed by atoms with Crippen LogP contribution in [-0.2, 0) is 0 Å². The number of aliphatic hydroxyl groups excluding tert-OH is 1. The lowest BCUT2D eigenvalue weighted by molar-refractivity contribution is -0.0792. The fourth-order valence-corrected chi connectivity index (χ4v) is 2.92. The summed E-state index contributed by atoms with van der Waals surface area (Å²) in [5, 5.41) is 11.2. The molecule has 0 aliphatic carbocycles. The van der Waals surface area contributed by atoms with E-state index >= 15 is 0 Å². The van der Waals surface area contributed by atoms with Gasteiger partial charge in [-0.1, -0.05) is 30.3 Å². The van der Waals surface area contributed by atoms with E-state index in [0.29, 0.717) is 10.8 Å². The van der Waals surface area contributed by atoms with Crippen molar-refractivity contribution in [2.75, 3.05) is 19.0 Å². The van der Waals surface area contributed by atoms with E-state index in [2.05, 4.69) is 4.98 Å². The van der Waals surface area contributed by atoms with E-state index in [0.717, 1.165) is 11.9 Å². The molecule has 1 N–H and O–H groups in total. The van der Waals surface area contributed by atoms with Gasteiger partial charge in [0, 0.05) is 48.7 Å². The number of hydrogen-bond donors (Lipinski definition) is 1. The molecule has 4 nitrogen and oxygen atoms in total. The maximum absolute atomic E-state index is 14.7. The Morgan fingerprint density at radius 2 is 1.77 bits per heavy atom. The number of benzene rings is 2. The van der Waals surface area contributed by atoms with Crippen molar-refractivity contribution in [1.82, 2.24) is 4.98 Å². The smallest absolute Gasteiger partial charge is 0.339 e. The monoisotopic (exact) mass is 356 g/mol. The number of anilines is 1. The molecular weight excluding hydrogens is 338 g/mol. The Kier molecular flexibility index (Phi) is 4.70. The summed E-state index contributed by atoms with van der Waals surface area (Å²) < 4.78 is 29.5. The van der Waals surface area contributed by atoms with Crippen LogP contribution in [0.15, 0.2) is 60.9 Å². The fraction of sp³-hybridized carbons (Fsp3) is 0.200. The van der Waals surface area contributed by atoms with E-state index in [1.54, 1.807) is 30.3 Å². The lowest BCUT2D eigenvalue weighted by Crippen LogP contribution is -2.36. The van der Waals surface area contributed by atoms with Crippen molar-refractivity contribution in [3.8, 4) is 0 Å². The van der Waals surface area contributed by atoms with E-state index in [1.165, 1.54) is 24.4 Å². The van der Waals surface area contributed by atoms with Crippen LogP contribution in [-0.4, -0.2) is 35.9 Å². The molecule has 2 aromatic carbocycles. The molecule has 0 amide bonds.